The second-order valence-electron chi connectivity index (χ2n) is 4.39. The Kier molecular flexibility index (Phi) is 3.25. The molecule has 1 heterocycles. The topological polar surface area (TPSA) is 79.5 Å². The Hall–Kier alpha value is -2.37. The van der Waals surface area contributed by atoms with Gasteiger partial charge in [0.25, 0.3) is 5.91 Å². The van der Waals surface area contributed by atoms with Crippen molar-refractivity contribution in [2.45, 2.75) is 19.9 Å². The third kappa shape index (κ3) is 2.42. The van der Waals surface area contributed by atoms with E-state index in [0.717, 1.165) is 6.07 Å². The lowest BCUT2D eigenvalue weighted by atomic mass is 10.1. The minimum absolute atomic E-state index is 0.140. The molecule has 0 saturated carbocycles. The highest BCUT2D eigenvalue weighted by Crippen LogP contribution is 2.24. The summed E-state index contributed by atoms with van der Waals surface area (Å²) in [5, 5.41) is 12.0. The molecule has 0 saturated heterocycles. The maximum absolute atomic E-state index is 13.5. The number of phenols is 1. The fraction of sp³-hybridized carbons (Fsp3) is 0.231. The summed E-state index contributed by atoms with van der Waals surface area (Å²) in [5.41, 5.74) is -1.52. The molecule has 5 nitrogen and oxygen atoms in total. The minimum Gasteiger partial charge on any atom is -0.505 e. The molecule has 2 N–H and O–H groups in total. The van der Waals surface area contributed by atoms with E-state index in [0.29, 0.717) is 0 Å². The number of aromatic hydroxyl groups is 1. The van der Waals surface area contributed by atoms with Crippen LogP contribution in [0.15, 0.2) is 27.4 Å². The van der Waals surface area contributed by atoms with Crippen LogP contribution in [0.2, 0.25) is 0 Å². The molecule has 100 valence electrons. The number of nitrogens with one attached hydrogen (secondary N) is 1. The molecule has 19 heavy (non-hydrogen) atoms. The zero-order valence-electron chi connectivity index (χ0n) is 10.4. The average Bonchev–Trinajstić information content (AvgIpc) is 2.33. The van der Waals surface area contributed by atoms with Gasteiger partial charge in [-0.25, -0.2) is 4.79 Å². The molecule has 1 aromatic carbocycles. The summed E-state index contributed by atoms with van der Waals surface area (Å²) in [7, 11) is 0. The minimum atomic E-state index is -1.02. The lowest BCUT2D eigenvalue weighted by Crippen LogP contribution is -2.33. The van der Waals surface area contributed by atoms with Crippen molar-refractivity contribution in [3.8, 4) is 5.75 Å². The number of halogens is 1. The monoisotopic (exact) mass is 265 g/mol. The van der Waals surface area contributed by atoms with E-state index in [4.69, 9.17) is 4.42 Å². The van der Waals surface area contributed by atoms with Crippen LogP contribution in [0.1, 0.15) is 24.2 Å². The van der Waals surface area contributed by atoms with Gasteiger partial charge < -0.3 is 14.8 Å². The van der Waals surface area contributed by atoms with E-state index in [1.165, 1.54) is 12.1 Å². The molecular formula is C13H12FNO4. The first kappa shape index (κ1) is 13.1. The number of hydrogen-bond donors (Lipinski definition) is 2. The van der Waals surface area contributed by atoms with Gasteiger partial charge in [-0.1, -0.05) is 0 Å². The van der Waals surface area contributed by atoms with Crippen molar-refractivity contribution < 1.29 is 18.7 Å². The van der Waals surface area contributed by atoms with Gasteiger partial charge in [-0.2, -0.15) is 4.39 Å². The molecule has 0 aliphatic carbocycles. The fourth-order valence-electron chi connectivity index (χ4n) is 1.64. The van der Waals surface area contributed by atoms with Crippen molar-refractivity contribution in [2.75, 3.05) is 0 Å². The van der Waals surface area contributed by atoms with Crippen molar-refractivity contribution >= 4 is 16.9 Å². The Labute approximate surface area is 107 Å². The lowest BCUT2D eigenvalue weighted by molar-refractivity contribution is 0.0939. The molecule has 1 amide bonds. The highest BCUT2D eigenvalue weighted by atomic mass is 19.1. The number of carbonyl (C=O) groups is 1. The molecule has 0 fully saturated rings. The summed E-state index contributed by atoms with van der Waals surface area (Å²) >= 11 is 0. The molecule has 0 aliphatic heterocycles. The van der Waals surface area contributed by atoms with Gasteiger partial charge in [-0.3, -0.25) is 4.79 Å². The first-order valence-corrected chi connectivity index (χ1v) is 5.66. The fourth-order valence-corrected chi connectivity index (χ4v) is 1.64. The molecule has 6 heteroatoms. The van der Waals surface area contributed by atoms with Crippen LogP contribution in [0.3, 0.4) is 0 Å². The van der Waals surface area contributed by atoms with E-state index in [9.17, 15) is 19.1 Å². The highest BCUT2D eigenvalue weighted by molar-refractivity contribution is 5.96. The average molecular weight is 265 g/mol. The second kappa shape index (κ2) is 4.72. The van der Waals surface area contributed by atoms with E-state index in [-0.39, 0.29) is 22.6 Å². The van der Waals surface area contributed by atoms with Gasteiger partial charge in [-0.05, 0) is 32.0 Å². The summed E-state index contributed by atoms with van der Waals surface area (Å²) in [6.45, 7) is 3.50. The number of hydrogen-bond acceptors (Lipinski definition) is 4. The van der Waals surface area contributed by atoms with E-state index in [2.05, 4.69) is 5.32 Å². The third-order valence-electron chi connectivity index (χ3n) is 2.49. The molecule has 0 aliphatic rings. The van der Waals surface area contributed by atoms with Gasteiger partial charge >= 0.3 is 5.63 Å². The lowest BCUT2D eigenvalue weighted by Gasteiger charge is -2.08. The standard InChI is InChI=1S/C13H12FNO4/c1-6(2)15-12(17)8-5-7-3-4-9(16)10(14)11(7)19-13(8)18/h3-6,16H,1-2H3,(H,15,17). The van der Waals surface area contributed by atoms with Gasteiger partial charge in [0.1, 0.15) is 5.56 Å². The summed E-state index contributed by atoms with van der Waals surface area (Å²) in [4.78, 5) is 23.4. The normalized spacial score (nSPS) is 10.9. The molecule has 0 atom stereocenters. The zero-order valence-corrected chi connectivity index (χ0v) is 10.4. The second-order valence-corrected chi connectivity index (χ2v) is 4.39. The number of phenolic OH excluding ortho intramolecular Hbond substituents is 1. The maximum atomic E-state index is 13.5. The molecule has 0 radical (unpaired) electrons. The quantitative estimate of drug-likeness (QED) is 0.811. The molecule has 2 rings (SSSR count). The Morgan fingerprint density at radius 3 is 2.74 bits per heavy atom. The summed E-state index contributed by atoms with van der Waals surface area (Å²) in [5.74, 6) is -2.22. The van der Waals surface area contributed by atoms with Gasteiger partial charge in [0.15, 0.2) is 11.3 Å². The summed E-state index contributed by atoms with van der Waals surface area (Å²) < 4.78 is 18.3. The van der Waals surface area contributed by atoms with Crippen molar-refractivity contribution in [2.24, 2.45) is 0 Å². The van der Waals surface area contributed by atoms with Gasteiger partial charge in [0.05, 0.1) is 0 Å². The van der Waals surface area contributed by atoms with Gasteiger partial charge in [0.2, 0.25) is 5.82 Å². The molecular weight excluding hydrogens is 253 g/mol. The number of carbonyl (C=O) groups excluding carboxylic acids is 1. The Balaban J connectivity index is 2.61. The predicted octanol–water partition coefficient (Wildman–Crippen LogP) is 1.78. The Morgan fingerprint density at radius 2 is 2.11 bits per heavy atom. The Morgan fingerprint density at radius 1 is 1.42 bits per heavy atom. The van der Waals surface area contributed by atoms with Crippen LogP contribution in [0.4, 0.5) is 4.39 Å². The van der Waals surface area contributed by atoms with Gasteiger partial charge in [0, 0.05) is 11.4 Å². The third-order valence-corrected chi connectivity index (χ3v) is 2.49. The van der Waals surface area contributed by atoms with Crippen LogP contribution in [0.5, 0.6) is 5.75 Å². The van der Waals surface area contributed by atoms with Crippen molar-refractivity contribution in [3.63, 3.8) is 0 Å². The van der Waals surface area contributed by atoms with E-state index < -0.39 is 23.1 Å². The van der Waals surface area contributed by atoms with Crippen LogP contribution in [-0.4, -0.2) is 17.1 Å². The predicted molar refractivity (Wildman–Crippen MR) is 66.7 cm³/mol. The number of amides is 1. The Bertz CT molecular complexity index is 706. The van der Waals surface area contributed by atoms with E-state index in [1.807, 2.05) is 0 Å². The zero-order chi connectivity index (χ0) is 14.2. The first-order chi connectivity index (χ1) is 8.90. The molecule has 2 aromatic rings. The van der Waals surface area contributed by atoms with Crippen molar-refractivity contribution in [1.29, 1.82) is 0 Å². The van der Waals surface area contributed by atoms with Crippen LogP contribution >= 0.6 is 0 Å². The number of benzene rings is 1. The first-order valence-electron chi connectivity index (χ1n) is 5.66. The number of rotatable bonds is 2. The van der Waals surface area contributed by atoms with Crippen molar-refractivity contribution in [1.82, 2.24) is 5.32 Å². The molecule has 1 aromatic heterocycles. The van der Waals surface area contributed by atoms with Crippen LogP contribution in [0, 0.1) is 5.82 Å². The maximum Gasteiger partial charge on any atom is 0.349 e. The van der Waals surface area contributed by atoms with E-state index >= 15 is 0 Å². The largest absolute Gasteiger partial charge is 0.505 e. The molecule has 0 unspecified atom stereocenters. The smallest absolute Gasteiger partial charge is 0.349 e. The van der Waals surface area contributed by atoms with Gasteiger partial charge in [-0.15, -0.1) is 0 Å². The molecule has 0 spiro atoms. The highest BCUT2D eigenvalue weighted by Gasteiger charge is 2.17. The summed E-state index contributed by atoms with van der Waals surface area (Å²) in [6, 6.07) is 3.59. The van der Waals surface area contributed by atoms with Crippen molar-refractivity contribution in [3.05, 3.63) is 40.0 Å². The van der Waals surface area contributed by atoms with Crippen LogP contribution < -0.4 is 10.9 Å². The summed E-state index contributed by atoms with van der Waals surface area (Å²) in [6.07, 6.45) is 0. The van der Waals surface area contributed by atoms with Crippen LogP contribution in [-0.2, 0) is 0 Å². The van der Waals surface area contributed by atoms with E-state index in [1.54, 1.807) is 13.8 Å². The molecule has 0 bridgehead atoms. The number of fused-ring (bicyclic) bond motifs is 1. The SMILES string of the molecule is CC(C)NC(=O)c1cc2ccc(O)c(F)c2oc1=O. The van der Waals surface area contributed by atoms with Crippen LogP contribution in [0.25, 0.3) is 11.0 Å².